The van der Waals surface area contributed by atoms with Crippen LogP contribution in [-0.2, 0) is 17.3 Å². The molecule has 2 aromatic heterocycles. The molecule has 0 unspecified atom stereocenters. The van der Waals surface area contributed by atoms with Gasteiger partial charge < -0.3 is 4.74 Å². The summed E-state index contributed by atoms with van der Waals surface area (Å²) in [6.45, 7) is 3.36. The molecule has 0 aliphatic rings. The Kier molecular flexibility index (Phi) is 7.06. The maximum Gasteiger partial charge on any atom is 0.434 e. The number of ether oxygens (including phenoxy) is 1. The zero-order valence-electron chi connectivity index (χ0n) is 17.8. The summed E-state index contributed by atoms with van der Waals surface area (Å²) in [5.41, 5.74) is -3.95. The smallest absolute Gasteiger partial charge is 0.434 e. The van der Waals surface area contributed by atoms with E-state index in [0.717, 1.165) is 12.5 Å². The molecule has 0 saturated carbocycles. The van der Waals surface area contributed by atoms with E-state index in [1.54, 1.807) is 44.2 Å². The predicted octanol–water partition coefficient (Wildman–Crippen LogP) is 6.34. The summed E-state index contributed by atoms with van der Waals surface area (Å²) in [7, 11) is 0.956. The number of pyridine rings is 2. The molecule has 0 radical (unpaired) electrons. The van der Waals surface area contributed by atoms with E-state index in [9.17, 15) is 26.7 Å². The molecule has 0 aliphatic carbocycles. The van der Waals surface area contributed by atoms with Gasteiger partial charge in [-0.05, 0) is 30.0 Å². The zero-order chi connectivity index (χ0) is 24.5. The molecule has 0 bridgehead atoms. The number of alkyl halides is 5. The summed E-state index contributed by atoms with van der Waals surface area (Å²) in [4.78, 5) is 19.7. The minimum absolute atomic E-state index is 0.0293. The Bertz CT molecular complexity index is 1230. The number of carbonyl (C=O) groups is 1. The lowest BCUT2D eigenvalue weighted by atomic mass is 9.88. The third-order valence-corrected chi connectivity index (χ3v) is 5.28. The Morgan fingerprint density at radius 1 is 1.06 bits per heavy atom. The molecule has 174 valence electrons. The molecular weight excluding hydrogens is 463 g/mol. The molecule has 2 heterocycles. The van der Waals surface area contributed by atoms with Gasteiger partial charge in [-0.15, -0.1) is 0 Å². The molecule has 33 heavy (non-hydrogen) atoms. The fourth-order valence-corrected chi connectivity index (χ4v) is 3.86. The Morgan fingerprint density at radius 3 is 2.30 bits per heavy atom. The number of benzene rings is 1. The molecule has 3 aromatic rings. The van der Waals surface area contributed by atoms with Crippen molar-refractivity contribution in [2.45, 2.75) is 32.9 Å². The number of esters is 1. The fraction of sp³-hybridized carbons (Fsp3) is 0.304. The van der Waals surface area contributed by atoms with Crippen molar-refractivity contribution in [3.8, 4) is 0 Å². The van der Waals surface area contributed by atoms with Crippen LogP contribution in [0.1, 0.15) is 58.8 Å². The van der Waals surface area contributed by atoms with Gasteiger partial charge in [-0.3, -0.25) is 0 Å². The highest BCUT2D eigenvalue weighted by molar-refractivity contribution is 7.81. The second kappa shape index (κ2) is 9.46. The normalized spacial score (nSPS) is 11.9. The van der Waals surface area contributed by atoms with Gasteiger partial charge in [0.25, 0.3) is 6.43 Å². The summed E-state index contributed by atoms with van der Waals surface area (Å²) in [5, 5.41) is 0.740. The van der Waals surface area contributed by atoms with Crippen LogP contribution >= 0.6 is 12.2 Å². The van der Waals surface area contributed by atoms with E-state index < -0.39 is 41.1 Å². The summed E-state index contributed by atoms with van der Waals surface area (Å²) < 4.78 is 74.3. The van der Waals surface area contributed by atoms with Crippen molar-refractivity contribution in [2.24, 2.45) is 5.92 Å². The Labute approximate surface area is 191 Å². The molecule has 3 rings (SSSR count). The maximum absolute atomic E-state index is 14.0. The number of fused-ring (bicyclic) bond motifs is 1. The highest BCUT2D eigenvalue weighted by atomic mass is 32.1. The van der Waals surface area contributed by atoms with E-state index in [1.807, 2.05) is 0 Å². The van der Waals surface area contributed by atoms with Gasteiger partial charge in [0.1, 0.15) is 5.69 Å². The molecule has 10 heteroatoms. The lowest BCUT2D eigenvalue weighted by Gasteiger charge is -2.23. The van der Waals surface area contributed by atoms with Crippen LogP contribution in [0, 0.1) is 5.92 Å². The fourth-order valence-electron chi connectivity index (χ4n) is 3.53. The monoisotopic (exact) mass is 482 g/mol. The number of rotatable bonds is 6. The van der Waals surface area contributed by atoms with Crippen LogP contribution in [0.2, 0.25) is 0 Å². The number of nitrogens with zero attached hydrogens (tertiary/aromatic N) is 2. The van der Waals surface area contributed by atoms with E-state index in [0.29, 0.717) is 5.52 Å². The van der Waals surface area contributed by atoms with Gasteiger partial charge in [-0.25, -0.2) is 23.5 Å². The molecule has 0 saturated heterocycles. The summed E-state index contributed by atoms with van der Waals surface area (Å²) in [6, 6.07) is 10.0. The number of carbonyl (C=O) groups excluding carboxylic acids is 1. The topological polar surface area (TPSA) is 52.1 Å². The van der Waals surface area contributed by atoms with E-state index in [1.165, 1.54) is 6.07 Å². The molecule has 0 N–H and O–H groups in total. The van der Waals surface area contributed by atoms with Crippen LogP contribution in [0.4, 0.5) is 22.0 Å². The molecule has 4 nitrogen and oxygen atoms in total. The first kappa shape index (κ1) is 24.6. The molecular formula is C23H19F5N2O2S. The van der Waals surface area contributed by atoms with Crippen molar-refractivity contribution in [1.82, 2.24) is 9.97 Å². The summed E-state index contributed by atoms with van der Waals surface area (Å²) in [6.07, 6.45) is -8.69. The lowest BCUT2D eigenvalue weighted by molar-refractivity contribution is -0.141. The number of methoxy groups -OCH3 is 1. The van der Waals surface area contributed by atoms with E-state index in [-0.39, 0.29) is 28.5 Å². The molecule has 0 fully saturated rings. The van der Waals surface area contributed by atoms with E-state index in [2.05, 4.69) is 14.7 Å². The van der Waals surface area contributed by atoms with Crippen LogP contribution in [0.5, 0.6) is 0 Å². The molecule has 0 spiro atoms. The predicted molar refractivity (Wildman–Crippen MR) is 117 cm³/mol. The van der Waals surface area contributed by atoms with Gasteiger partial charge in [0.15, 0.2) is 5.69 Å². The molecule has 0 atom stereocenters. The first-order valence-corrected chi connectivity index (χ1v) is 10.3. The second-order valence-electron chi connectivity index (χ2n) is 7.68. The van der Waals surface area contributed by atoms with Crippen LogP contribution < -0.4 is 0 Å². The highest BCUT2D eigenvalue weighted by Crippen LogP contribution is 2.39. The van der Waals surface area contributed by atoms with Gasteiger partial charge in [-0.2, -0.15) is 13.2 Å². The molecule has 0 aliphatic heterocycles. The Hall–Kier alpha value is -3.01. The highest BCUT2D eigenvalue weighted by Gasteiger charge is 2.42. The average molecular weight is 482 g/mol. The van der Waals surface area contributed by atoms with Gasteiger partial charge in [0.2, 0.25) is 0 Å². The van der Waals surface area contributed by atoms with Crippen LogP contribution in [0.3, 0.4) is 0 Å². The van der Waals surface area contributed by atoms with Gasteiger partial charge in [-0.1, -0.05) is 50.3 Å². The maximum atomic E-state index is 14.0. The second-order valence-corrected chi connectivity index (χ2v) is 8.09. The number of aromatic nitrogens is 2. The standard InChI is InChI=1S/C23H19F5N2O2S/c1-11(2)10-13-16(22(31)32-3)18(21(24)25)30-20(23(26,27)28)17(13)19(33)15-9-8-12-6-4-5-7-14(12)29-15/h4-9,11,21H,10H2,1-3H3. The van der Waals surface area contributed by atoms with Crippen LogP contribution in [0.15, 0.2) is 36.4 Å². The SMILES string of the molecule is COC(=O)c1c(C(F)F)nc(C(F)(F)F)c(C(=S)c2ccc3ccccc3n2)c1CC(C)C. The minimum atomic E-state index is -5.11. The van der Waals surface area contributed by atoms with Crippen LogP contribution in [0.25, 0.3) is 10.9 Å². The van der Waals surface area contributed by atoms with Gasteiger partial charge in [0.05, 0.1) is 28.7 Å². The average Bonchev–Trinajstić information content (AvgIpc) is 2.75. The van der Waals surface area contributed by atoms with Crippen molar-refractivity contribution in [1.29, 1.82) is 0 Å². The van der Waals surface area contributed by atoms with Crippen molar-refractivity contribution in [3.63, 3.8) is 0 Å². The number of hydrogen-bond donors (Lipinski definition) is 0. The summed E-state index contributed by atoms with van der Waals surface area (Å²) in [5.74, 6) is -1.51. The van der Waals surface area contributed by atoms with Gasteiger partial charge in [0, 0.05) is 10.9 Å². The van der Waals surface area contributed by atoms with Gasteiger partial charge >= 0.3 is 12.1 Å². The number of halogens is 5. The minimum Gasteiger partial charge on any atom is -0.465 e. The summed E-state index contributed by atoms with van der Waals surface area (Å²) >= 11 is 5.40. The number of para-hydroxylation sites is 1. The van der Waals surface area contributed by atoms with Crippen molar-refractivity contribution >= 4 is 34.0 Å². The number of thiocarbonyl (C=S) groups is 1. The van der Waals surface area contributed by atoms with E-state index >= 15 is 0 Å². The third-order valence-electron chi connectivity index (χ3n) is 4.86. The van der Waals surface area contributed by atoms with Crippen molar-refractivity contribution in [2.75, 3.05) is 7.11 Å². The Balaban J connectivity index is 2.41. The first-order chi connectivity index (χ1) is 15.5. The quantitative estimate of drug-likeness (QED) is 0.178. The van der Waals surface area contributed by atoms with Crippen molar-refractivity contribution in [3.05, 3.63) is 70.2 Å². The molecule has 1 aromatic carbocycles. The lowest BCUT2D eigenvalue weighted by Crippen LogP contribution is -2.25. The molecule has 0 amide bonds. The first-order valence-electron chi connectivity index (χ1n) is 9.86. The van der Waals surface area contributed by atoms with E-state index in [4.69, 9.17) is 12.2 Å². The van der Waals surface area contributed by atoms with Crippen LogP contribution in [-0.4, -0.2) is 27.9 Å². The Morgan fingerprint density at radius 2 is 1.73 bits per heavy atom. The number of hydrogen-bond acceptors (Lipinski definition) is 5. The largest absolute Gasteiger partial charge is 0.465 e. The third kappa shape index (κ3) is 5.00. The zero-order valence-corrected chi connectivity index (χ0v) is 18.7. The van der Waals surface area contributed by atoms with Crippen molar-refractivity contribution < 1.29 is 31.5 Å².